The van der Waals surface area contributed by atoms with Crippen LogP contribution in [0, 0.1) is 5.82 Å². The standard InChI is InChI=1S/C22H18F4N6O/c1-33-17-5-3-2-4-14(17)10-28-21-31-19-18(20(32-21)29-12-22(24,25)26)30-16(11-27-19)13-6-8-15(23)9-7-13/h2-9,11H,10,12H2,1H3,(H2,27,28,29,31,32). The van der Waals surface area contributed by atoms with Gasteiger partial charge in [-0.05, 0) is 30.3 Å². The molecule has 0 atom stereocenters. The van der Waals surface area contributed by atoms with Crippen LogP contribution in [0.2, 0.25) is 0 Å². The quantitative estimate of drug-likeness (QED) is 0.384. The highest BCUT2D eigenvalue weighted by Gasteiger charge is 2.27. The Morgan fingerprint density at radius 2 is 1.70 bits per heavy atom. The predicted octanol–water partition coefficient (Wildman–Crippen LogP) is 4.82. The lowest BCUT2D eigenvalue weighted by Gasteiger charge is -2.14. The van der Waals surface area contributed by atoms with Crippen LogP contribution in [-0.2, 0) is 6.54 Å². The molecule has 11 heteroatoms. The summed E-state index contributed by atoms with van der Waals surface area (Å²) in [5.41, 5.74) is 1.86. The highest BCUT2D eigenvalue weighted by atomic mass is 19.4. The molecule has 0 aliphatic rings. The molecule has 7 nitrogen and oxygen atoms in total. The van der Waals surface area contributed by atoms with Gasteiger partial charge in [-0.1, -0.05) is 18.2 Å². The van der Waals surface area contributed by atoms with Gasteiger partial charge in [-0.2, -0.15) is 23.1 Å². The van der Waals surface area contributed by atoms with Gasteiger partial charge in [-0.25, -0.2) is 14.4 Å². The summed E-state index contributed by atoms with van der Waals surface area (Å²) >= 11 is 0. The van der Waals surface area contributed by atoms with Crippen molar-refractivity contribution in [3.63, 3.8) is 0 Å². The van der Waals surface area contributed by atoms with E-state index >= 15 is 0 Å². The van der Waals surface area contributed by atoms with Crippen LogP contribution >= 0.6 is 0 Å². The first-order chi connectivity index (χ1) is 15.8. The van der Waals surface area contributed by atoms with Gasteiger partial charge in [0.2, 0.25) is 5.95 Å². The third kappa shape index (κ3) is 5.43. The molecular formula is C22H18F4N6O. The van der Waals surface area contributed by atoms with Crippen molar-refractivity contribution in [2.75, 3.05) is 24.3 Å². The van der Waals surface area contributed by atoms with Gasteiger partial charge in [0.05, 0.1) is 19.0 Å². The molecule has 0 unspecified atom stereocenters. The number of benzene rings is 2. The average molecular weight is 458 g/mol. The number of ether oxygens (including phenoxy) is 1. The summed E-state index contributed by atoms with van der Waals surface area (Å²) in [6.45, 7) is -1.04. The molecule has 2 N–H and O–H groups in total. The van der Waals surface area contributed by atoms with Crippen molar-refractivity contribution in [2.45, 2.75) is 12.7 Å². The zero-order chi connectivity index (χ0) is 23.4. The van der Waals surface area contributed by atoms with Gasteiger partial charge in [0.1, 0.15) is 18.1 Å². The van der Waals surface area contributed by atoms with Crippen LogP contribution in [0.3, 0.4) is 0 Å². The Morgan fingerprint density at radius 1 is 0.939 bits per heavy atom. The normalized spacial score (nSPS) is 11.4. The fourth-order valence-electron chi connectivity index (χ4n) is 3.08. The van der Waals surface area contributed by atoms with E-state index in [9.17, 15) is 17.6 Å². The third-order valence-corrected chi connectivity index (χ3v) is 4.63. The van der Waals surface area contributed by atoms with Crippen molar-refractivity contribution in [3.8, 4) is 17.0 Å². The second kappa shape index (κ2) is 9.23. The van der Waals surface area contributed by atoms with Crippen molar-refractivity contribution in [1.29, 1.82) is 0 Å². The number of anilines is 2. The second-order valence-electron chi connectivity index (χ2n) is 6.96. The summed E-state index contributed by atoms with van der Waals surface area (Å²) in [4.78, 5) is 17.1. The van der Waals surface area contributed by atoms with Crippen molar-refractivity contribution < 1.29 is 22.3 Å². The van der Waals surface area contributed by atoms with Crippen LogP contribution in [0.5, 0.6) is 5.75 Å². The third-order valence-electron chi connectivity index (χ3n) is 4.63. The molecule has 0 amide bonds. The van der Waals surface area contributed by atoms with Crippen molar-refractivity contribution in [1.82, 2.24) is 19.9 Å². The molecule has 33 heavy (non-hydrogen) atoms. The van der Waals surface area contributed by atoms with Gasteiger partial charge in [0.15, 0.2) is 17.0 Å². The molecule has 0 spiro atoms. The summed E-state index contributed by atoms with van der Waals surface area (Å²) in [5, 5.41) is 5.26. The monoisotopic (exact) mass is 458 g/mol. The topological polar surface area (TPSA) is 84.9 Å². The van der Waals surface area contributed by atoms with E-state index in [1.807, 2.05) is 18.2 Å². The molecule has 0 radical (unpaired) electrons. The summed E-state index contributed by atoms with van der Waals surface area (Å²) in [7, 11) is 1.54. The Bertz CT molecular complexity index is 1260. The highest BCUT2D eigenvalue weighted by molar-refractivity contribution is 5.85. The number of aromatic nitrogens is 4. The van der Waals surface area contributed by atoms with E-state index in [-0.39, 0.29) is 29.5 Å². The smallest absolute Gasteiger partial charge is 0.405 e. The van der Waals surface area contributed by atoms with Crippen molar-refractivity contribution in [2.24, 2.45) is 0 Å². The van der Waals surface area contributed by atoms with E-state index in [4.69, 9.17) is 4.74 Å². The number of nitrogens with one attached hydrogen (secondary N) is 2. The molecule has 0 aliphatic carbocycles. The van der Waals surface area contributed by atoms with Gasteiger partial charge >= 0.3 is 6.18 Å². The lowest BCUT2D eigenvalue weighted by atomic mass is 10.1. The van der Waals surface area contributed by atoms with E-state index in [1.165, 1.54) is 30.5 Å². The molecule has 2 heterocycles. The van der Waals surface area contributed by atoms with Crippen molar-refractivity contribution in [3.05, 3.63) is 66.1 Å². The van der Waals surface area contributed by atoms with Gasteiger partial charge in [0.25, 0.3) is 0 Å². The maximum atomic E-state index is 13.2. The van der Waals surface area contributed by atoms with Gasteiger partial charge < -0.3 is 15.4 Å². The number of hydrogen-bond acceptors (Lipinski definition) is 7. The summed E-state index contributed by atoms with van der Waals surface area (Å²) < 4.78 is 57.1. The summed E-state index contributed by atoms with van der Waals surface area (Å²) in [6.07, 6.45) is -3.05. The lowest BCUT2D eigenvalue weighted by Crippen LogP contribution is -2.22. The molecule has 0 fully saturated rings. The highest BCUT2D eigenvalue weighted by Crippen LogP contribution is 2.26. The lowest BCUT2D eigenvalue weighted by molar-refractivity contribution is -0.115. The van der Waals surface area contributed by atoms with E-state index in [0.29, 0.717) is 17.0 Å². The van der Waals surface area contributed by atoms with Crippen LogP contribution in [-0.4, -0.2) is 39.8 Å². The fourth-order valence-corrected chi connectivity index (χ4v) is 3.08. The molecule has 0 saturated heterocycles. The number of nitrogens with zero attached hydrogens (tertiary/aromatic N) is 4. The Hall–Kier alpha value is -4.02. The Labute approximate surface area is 185 Å². The van der Waals surface area contributed by atoms with Crippen LogP contribution in [0.1, 0.15) is 5.56 Å². The minimum Gasteiger partial charge on any atom is -0.496 e. The zero-order valence-corrected chi connectivity index (χ0v) is 17.3. The molecular weight excluding hydrogens is 440 g/mol. The number of fused-ring (bicyclic) bond motifs is 1. The molecule has 4 aromatic rings. The first-order valence-electron chi connectivity index (χ1n) is 9.79. The Morgan fingerprint density at radius 3 is 2.42 bits per heavy atom. The maximum Gasteiger partial charge on any atom is 0.405 e. The second-order valence-corrected chi connectivity index (χ2v) is 6.96. The minimum absolute atomic E-state index is 0.0592. The molecule has 170 valence electrons. The fraction of sp³-hybridized carbons (Fsp3) is 0.182. The first-order valence-corrected chi connectivity index (χ1v) is 9.79. The number of halogens is 4. The van der Waals surface area contributed by atoms with Gasteiger partial charge in [-0.3, -0.25) is 0 Å². The Balaban J connectivity index is 1.69. The SMILES string of the molecule is COc1ccccc1CNc1nc(NCC(F)(F)F)c2nc(-c3ccc(F)cc3)cnc2n1. The maximum absolute atomic E-state index is 13.2. The number of methoxy groups -OCH3 is 1. The van der Waals surface area contributed by atoms with Crippen LogP contribution < -0.4 is 15.4 Å². The minimum atomic E-state index is -4.47. The number of hydrogen-bond donors (Lipinski definition) is 2. The first kappa shape index (κ1) is 22.2. The van der Waals surface area contributed by atoms with Crippen LogP contribution in [0.15, 0.2) is 54.7 Å². The molecule has 0 bridgehead atoms. The summed E-state index contributed by atoms with van der Waals surface area (Å²) in [6, 6.07) is 12.8. The molecule has 0 aliphatic heterocycles. The van der Waals surface area contributed by atoms with E-state index in [1.54, 1.807) is 13.2 Å². The van der Waals surface area contributed by atoms with Crippen LogP contribution in [0.4, 0.5) is 29.3 Å². The zero-order valence-electron chi connectivity index (χ0n) is 17.3. The van der Waals surface area contributed by atoms with Crippen LogP contribution in [0.25, 0.3) is 22.4 Å². The number of alkyl halides is 3. The Kier molecular flexibility index (Phi) is 6.20. The largest absolute Gasteiger partial charge is 0.496 e. The van der Waals surface area contributed by atoms with E-state index in [2.05, 4.69) is 30.6 Å². The van der Waals surface area contributed by atoms with E-state index in [0.717, 1.165) is 5.56 Å². The predicted molar refractivity (Wildman–Crippen MR) is 115 cm³/mol. The van der Waals surface area contributed by atoms with Crippen molar-refractivity contribution >= 4 is 22.9 Å². The molecule has 0 saturated carbocycles. The van der Waals surface area contributed by atoms with Gasteiger partial charge in [-0.15, -0.1) is 0 Å². The van der Waals surface area contributed by atoms with Gasteiger partial charge in [0, 0.05) is 17.7 Å². The average Bonchev–Trinajstić information content (AvgIpc) is 2.81. The summed E-state index contributed by atoms with van der Waals surface area (Å²) in [5.74, 6) is 0.164. The number of para-hydroxylation sites is 1. The number of rotatable bonds is 7. The molecule has 2 aromatic carbocycles. The van der Waals surface area contributed by atoms with E-state index < -0.39 is 18.5 Å². The molecule has 4 rings (SSSR count). The molecule has 2 aromatic heterocycles.